The normalized spacial score (nSPS) is 15.7. The van der Waals surface area contributed by atoms with E-state index in [4.69, 9.17) is 9.05 Å². The first kappa shape index (κ1) is 38.7. The molecule has 0 heterocycles. The van der Waals surface area contributed by atoms with E-state index in [1.54, 1.807) is 6.08 Å². The van der Waals surface area contributed by atoms with Crippen molar-refractivity contribution in [1.29, 1.82) is 0 Å². The van der Waals surface area contributed by atoms with Gasteiger partial charge in [0.15, 0.2) is 0 Å². The van der Waals surface area contributed by atoms with Crippen molar-refractivity contribution in [2.75, 3.05) is 40.9 Å². The van der Waals surface area contributed by atoms with Crippen LogP contribution < -0.4 is 10.2 Å². The minimum atomic E-state index is -4.57. The molecule has 0 aromatic carbocycles. The number of amides is 1. The van der Waals surface area contributed by atoms with E-state index in [9.17, 15) is 19.4 Å². The zero-order valence-corrected chi connectivity index (χ0v) is 26.9. The fraction of sp³-hybridized carbons (Fsp3) is 0.774. The Morgan fingerprint density at radius 1 is 0.850 bits per heavy atom. The van der Waals surface area contributed by atoms with Crippen molar-refractivity contribution in [3.63, 3.8) is 0 Å². The Hall–Kier alpha value is -1.28. The molecule has 3 unspecified atom stereocenters. The van der Waals surface area contributed by atoms with Gasteiger partial charge in [0.05, 0.1) is 39.9 Å². The van der Waals surface area contributed by atoms with Crippen molar-refractivity contribution in [3.8, 4) is 0 Å². The topological polar surface area (TPSA) is 108 Å². The summed E-state index contributed by atoms with van der Waals surface area (Å²) in [6.45, 7) is 4.44. The fourth-order valence-electron chi connectivity index (χ4n) is 3.75. The summed E-state index contributed by atoms with van der Waals surface area (Å²) in [5, 5.41) is 13.5. The third-order valence-electron chi connectivity index (χ3n) is 6.33. The minimum Gasteiger partial charge on any atom is -0.756 e. The molecule has 0 aliphatic carbocycles. The van der Waals surface area contributed by atoms with Gasteiger partial charge in [-0.2, -0.15) is 0 Å². The number of aliphatic hydroxyl groups excluding tert-OH is 1. The number of nitrogens with zero attached hydrogens (tertiary/aromatic N) is 1. The Kier molecular flexibility index (Phi) is 23.6. The maximum atomic E-state index is 12.5. The summed E-state index contributed by atoms with van der Waals surface area (Å²) in [6.07, 6.45) is 25.0. The molecule has 9 heteroatoms. The van der Waals surface area contributed by atoms with E-state index >= 15 is 0 Å². The average Bonchev–Trinajstić information content (AvgIpc) is 2.88. The minimum absolute atomic E-state index is 0.00947. The van der Waals surface area contributed by atoms with Crippen molar-refractivity contribution in [3.05, 3.63) is 36.5 Å². The molecule has 0 spiro atoms. The van der Waals surface area contributed by atoms with Gasteiger partial charge in [-0.3, -0.25) is 9.36 Å². The molecule has 0 aromatic rings. The number of quaternary nitrogens is 1. The molecule has 0 aromatic heterocycles. The second-order valence-electron chi connectivity index (χ2n) is 11.4. The number of rotatable bonds is 26. The number of allylic oxidation sites excluding steroid dienone is 5. The molecule has 0 saturated heterocycles. The highest BCUT2D eigenvalue weighted by Gasteiger charge is 2.23. The van der Waals surface area contributed by atoms with Crippen molar-refractivity contribution in [1.82, 2.24) is 5.32 Å². The summed E-state index contributed by atoms with van der Waals surface area (Å²) in [5.41, 5.74) is 0. The predicted molar refractivity (Wildman–Crippen MR) is 164 cm³/mol. The molecule has 8 nitrogen and oxygen atoms in total. The van der Waals surface area contributed by atoms with Crippen LogP contribution in [0.4, 0.5) is 0 Å². The van der Waals surface area contributed by atoms with Gasteiger partial charge in [-0.25, -0.2) is 0 Å². The largest absolute Gasteiger partial charge is 0.756 e. The number of carbonyl (C=O) groups excluding carboxylic acids is 1. The number of aliphatic hydroxyl groups is 1. The zero-order chi connectivity index (χ0) is 30.1. The number of unbranched alkanes of at least 4 members (excludes halogenated alkanes) is 9. The number of hydrogen-bond acceptors (Lipinski definition) is 6. The van der Waals surface area contributed by atoms with E-state index in [-0.39, 0.29) is 12.5 Å². The SMILES string of the molecule is CCCC/C=C/CC/C=C/CC/C=C/C(O)C(COP(=O)([O-])OCC[N+](C)(C)C)NC(=O)CCCCCCCC. The molecular weight excluding hydrogens is 527 g/mol. The van der Waals surface area contributed by atoms with E-state index in [1.807, 2.05) is 27.2 Å². The molecule has 0 bridgehead atoms. The van der Waals surface area contributed by atoms with E-state index in [1.165, 1.54) is 25.7 Å². The van der Waals surface area contributed by atoms with Crippen molar-refractivity contribution in [2.24, 2.45) is 0 Å². The fourth-order valence-corrected chi connectivity index (χ4v) is 4.48. The van der Waals surface area contributed by atoms with Crippen molar-refractivity contribution >= 4 is 13.7 Å². The number of likely N-dealkylation sites (N-methyl/N-ethyl adjacent to an activating group) is 1. The van der Waals surface area contributed by atoms with Gasteiger partial charge < -0.3 is 28.8 Å². The lowest BCUT2D eigenvalue weighted by atomic mass is 10.1. The molecule has 1 amide bonds. The van der Waals surface area contributed by atoms with Gasteiger partial charge in [0.1, 0.15) is 13.2 Å². The second-order valence-corrected chi connectivity index (χ2v) is 12.9. The Bertz CT molecular complexity index is 763. The highest BCUT2D eigenvalue weighted by molar-refractivity contribution is 7.45. The Morgan fingerprint density at radius 2 is 1.40 bits per heavy atom. The smallest absolute Gasteiger partial charge is 0.268 e. The molecule has 2 N–H and O–H groups in total. The zero-order valence-electron chi connectivity index (χ0n) is 26.0. The van der Waals surface area contributed by atoms with Gasteiger partial charge in [0.25, 0.3) is 7.82 Å². The van der Waals surface area contributed by atoms with Gasteiger partial charge >= 0.3 is 0 Å². The van der Waals surface area contributed by atoms with Crippen LogP contribution in [0.2, 0.25) is 0 Å². The molecule has 3 atom stereocenters. The quantitative estimate of drug-likeness (QED) is 0.0540. The predicted octanol–water partition coefficient (Wildman–Crippen LogP) is 6.21. The van der Waals surface area contributed by atoms with Crippen LogP contribution >= 0.6 is 7.82 Å². The molecular formula is C31H59N2O6P. The highest BCUT2D eigenvalue weighted by Crippen LogP contribution is 2.38. The summed E-state index contributed by atoms with van der Waals surface area (Å²) < 4.78 is 22.8. The lowest BCUT2D eigenvalue weighted by molar-refractivity contribution is -0.870. The molecule has 0 saturated carbocycles. The number of carbonyl (C=O) groups is 1. The van der Waals surface area contributed by atoms with E-state index in [0.29, 0.717) is 17.4 Å². The monoisotopic (exact) mass is 586 g/mol. The van der Waals surface area contributed by atoms with Crippen LogP contribution in [0.25, 0.3) is 0 Å². The van der Waals surface area contributed by atoms with E-state index in [0.717, 1.165) is 57.8 Å². The van der Waals surface area contributed by atoms with Crippen LogP contribution in [-0.4, -0.2) is 68.5 Å². The lowest BCUT2D eigenvalue weighted by Crippen LogP contribution is -2.45. The lowest BCUT2D eigenvalue weighted by Gasteiger charge is -2.29. The molecule has 0 aliphatic heterocycles. The summed E-state index contributed by atoms with van der Waals surface area (Å²) in [7, 11) is 1.22. The first-order valence-corrected chi connectivity index (χ1v) is 16.8. The van der Waals surface area contributed by atoms with Crippen LogP contribution in [0.1, 0.15) is 104 Å². The summed E-state index contributed by atoms with van der Waals surface area (Å²) in [5.74, 6) is -0.227. The Labute approximate surface area is 245 Å². The standard InChI is InChI=1S/C31H59N2O6P/c1-6-8-10-12-14-15-16-17-18-19-20-22-24-30(34)29(32-31(35)25-23-21-13-11-9-7-2)28-39-40(36,37)38-27-26-33(3,4)5/h12,14,17-18,22,24,29-30,34H,6-11,13,15-16,19-21,23,25-28H2,1-5H3,(H-,32,35,36,37)/b14-12+,18-17+,24-22+. The molecule has 0 radical (unpaired) electrons. The summed E-state index contributed by atoms with van der Waals surface area (Å²) in [6, 6.07) is -0.900. The molecule has 40 heavy (non-hydrogen) atoms. The second kappa shape index (κ2) is 24.3. The maximum absolute atomic E-state index is 12.5. The first-order chi connectivity index (χ1) is 19.0. The van der Waals surface area contributed by atoms with Gasteiger partial charge in [-0.05, 0) is 38.5 Å². The van der Waals surface area contributed by atoms with Crippen LogP contribution in [0, 0.1) is 0 Å². The number of phosphoric acid groups is 1. The summed E-state index contributed by atoms with van der Waals surface area (Å²) in [4.78, 5) is 24.8. The van der Waals surface area contributed by atoms with Crippen LogP contribution in [0.15, 0.2) is 36.5 Å². The van der Waals surface area contributed by atoms with Crippen molar-refractivity contribution < 1.29 is 32.9 Å². The molecule has 234 valence electrons. The molecule has 0 fully saturated rings. The third-order valence-corrected chi connectivity index (χ3v) is 7.29. The van der Waals surface area contributed by atoms with Crippen LogP contribution in [0.3, 0.4) is 0 Å². The number of nitrogens with one attached hydrogen (secondary N) is 1. The number of phosphoric ester groups is 1. The molecule has 0 rings (SSSR count). The molecule has 0 aliphatic rings. The Morgan fingerprint density at radius 3 is 2.00 bits per heavy atom. The van der Waals surface area contributed by atoms with Gasteiger partial charge in [-0.1, -0.05) is 95.2 Å². The van der Waals surface area contributed by atoms with Crippen molar-refractivity contribution in [2.45, 2.75) is 116 Å². The Balaban J connectivity index is 4.76. The first-order valence-electron chi connectivity index (χ1n) is 15.4. The third kappa shape index (κ3) is 25.7. The highest BCUT2D eigenvalue weighted by atomic mass is 31.2. The summed E-state index contributed by atoms with van der Waals surface area (Å²) >= 11 is 0. The average molecular weight is 587 g/mol. The van der Waals surface area contributed by atoms with Gasteiger partial charge in [0.2, 0.25) is 5.91 Å². The van der Waals surface area contributed by atoms with Crippen LogP contribution in [0.5, 0.6) is 0 Å². The van der Waals surface area contributed by atoms with Gasteiger partial charge in [-0.15, -0.1) is 0 Å². The maximum Gasteiger partial charge on any atom is 0.268 e. The van der Waals surface area contributed by atoms with E-state index < -0.39 is 26.6 Å². The van der Waals surface area contributed by atoms with Gasteiger partial charge in [0, 0.05) is 6.42 Å². The number of hydrogen-bond donors (Lipinski definition) is 2. The van der Waals surface area contributed by atoms with E-state index in [2.05, 4.69) is 43.5 Å². The van der Waals surface area contributed by atoms with Crippen LogP contribution in [-0.2, 0) is 18.4 Å².